The summed E-state index contributed by atoms with van der Waals surface area (Å²) >= 11 is 0. The van der Waals surface area contributed by atoms with Crippen LogP contribution >= 0.6 is 0 Å². The summed E-state index contributed by atoms with van der Waals surface area (Å²) in [6.07, 6.45) is 7.05. The number of rotatable bonds is 8. The van der Waals surface area contributed by atoms with Crippen LogP contribution in [0.15, 0.2) is 213 Å². The van der Waals surface area contributed by atoms with E-state index in [0.717, 1.165) is 56.4 Å². The summed E-state index contributed by atoms with van der Waals surface area (Å²) in [4.78, 5) is 19.5. The number of pyridine rings is 1. The zero-order valence-electron chi connectivity index (χ0n) is 31.8. The Morgan fingerprint density at radius 2 is 1.00 bits per heavy atom. The molecule has 59 heavy (non-hydrogen) atoms. The molecular weight excluding hydrogens is 723 g/mol. The molecule has 0 spiro atoms. The van der Waals surface area contributed by atoms with Crippen molar-refractivity contribution in [1.82, 2.24) is 29.1 Å². The molecule has 0 fully saturated rings. The van der Waals surface area contributed by atoms with Gasteiger partial charge in [-0.1, -0.05) is 78.9 Å². The summed E-state index contributed by atoms with van der Waals surface area (Å²) in [5, 5.41) is 3.65. The number of hydrogen-bond donors (Lipinski definition) is 0. The third-order valence-electron chi connectivity index (χ3n) is 11.1. The molecule has 0 saturated carbocycles. The van der Waals surface area contributed by atoms with Crippen LogP contribution in [0.2, 0.25) is 0 Å². The molecular formula is C52H35N7. The van der Waals surface area contributed by atoms with Gasteiger partial charge in [0.2, 0.25) is 0 Å². The molecule has 7 nitrogen and oxygen atoms in total. The normalized spacial score (nSPS) is 11.4. The van der Waals surface area contributed by atoms with Crippen LogP contribution in [0.3, 0.4) is 0 Å². The van der Waals surface area contributed by atoms with Gasteiger partial charge >= 0.3 is 0 Å². The SMILES string of the molecule is c1ccc(-n2ccc3c2ccc2c4cc(-c5ccc(N(c6ccc(-c7ccccn7)cc6)c6ccc(-c7ncncn7)cc6)cc5)ccc4n(-c4ccccc4)c23)cc1. The number of hydrogen-bond acceptors (Lipinski definition) is 5. The third kappa shape index (κ3) is 6.09. The lowest BCUT2D eigenvalue weighted by Crippen LogP contribution is -2.09. The van der Waals surface area contributed by atoms with Gasteiger partial charge in [0.05, 0.1) is 22.2 Å². The van der Waals surface area contributed by atoms with Crippen LogP contribution in [0.5, 0.6) is 0 Å². The molecule has 11 rings (SSSR count). The van der Waals surface area contributed by atoms with Crippen LogP contribution in [-0.4, -0.2) is 29.1 Å². The lowest BCUT2D eigenvalue weighted by Gasteiger charge is -2.26. The number of benzene rings is 7. The minimum atomic E-state index is 0.640. The van der Waals surface area contributed by atoms with E-state index < -0.39 is 0 Å². The summed E-state index contributed by atoms with van der Waals surface area (Å²) < 4.78 is 4.69. The second-order valence-corrected chi connectivity index (χ2v) is 14.5. The molecule has 4 aromatic heterocycles. The highest BCUT2D eigenvalue weighted by molar-refractivity contribution is 6.19. The van der Waals surface area contributed by atoms with Crippen LogP contribution in [0.25, 0.3) is 77.9 Å². The molecule has 7 heteroatoms. The van der Waals surface area contributed by atoms with Gasteiger partial charge in [0.1, 0.15) is 12.7 Å². The summed E-state index contributed by atoms with van der Waals surface area (Å²) in [5.41, 5.74) is 14.2. The van der Waals surface area contributed by atoms with Gasteiger partial charge in [-0.15, -0.1) is 0 Å². The van der Waals surface area contributed by atoms with Crippen LogP contribution in [0, 0.1) is 0 Å². The highest BCUT2D eigenvalue weighted by Gasteiger charge is 2.19. The maximum atomic E-state index is 4.56. The molecule has 0 aliphatic heterocycles. The number of fused-ring (bicyclic) bond motifs is 5. The van der Waals surface area contributed by atoms with Crippen molar-refractivity contribution in [3.8, 4) is 45.1 Å². The van der Waals surface area contributed by atoms with Crippen LogP contribution in [0.4, 0.5) is 17.1 Å². The van der Waals surface area contributed by atoms with Gasteiger partial charge in [-0.25, -0.2) is 15.0 Å². The number of nitrogens with zero attached hydrogens (tertiary/aromatic N) is 7. The Morgan fingerprint density at radius 3 is 1.66 bits per heavy atom. The summed E-state index contributed by atoms with van der Waals surface area (Å²) in [6.45, 7) is 0. The van der Waals surface area contributed by atoms with Gasteiger partial charge in [0.15, 0.2) is 5.82 Å². The Morgan fingerprint density at radius 1 is 0.407 bits per heavy atom. The first-order chi connectivity index (χ1) is 29.3. The molecule has 278 valence electrons. The van der Waals surface area contributed by atoms with Crippen molar-refractivity contribution < 1.29 is 0 Å². The van der Waals surface area contributed by atoms with Crippen molar-refractivity contribution in [3.05, 3.63) is 213 Å². The number of para-hydroxylation sites is 2. The Hall–Kier alpha value is -8.16. The van der Waals surface area contributed by atoms with Crippen LogP contribution in [0.1, 0.15) is 0 Å². The molecule has 0 saturated heterocycles. The molecule has 0 radical (unpaired) electrons. The lowest BCUT2D eigenvalue weighted by atomic mass is 10.0. The van der Waals surface area contributed by atoms with E-state index >= 15 is 0 Å². The summed E-state index contributed by atoms with van der Waals surface area (Å²) in [7, 11) is 0. The predicted molar refractivity (Wildman–Crippen MR) is 240 cm³/mol. The van der Waals surface area contributed by atoms with E-state index in [1.165, 1.54) is 45.4 Å². The molecule has 0 N–H and O–H groups in total. The Bertz CT molecular complexity index is 3130. The van der Waals surface area contributed by atoms with Crippen molar-refractivity contribution >= 4 is 49.8 Å². The van der Waals surface area contributed by atoms with E-state index in [2.05, 4.69) is 210 Å². The van der Waals surface area contributed by atoms with Crippen molar-refractivity contribution in [2.24, 2.45) is 0 Å². The van der Waals surface area contributed by atoms with Crippen molar-refractivity contribution in [2.45, 2.75) is 0 Å². The highest BCUT2D eigenvalue weighted by Crippen LogP contribution is 2.41. The number of aromatic nitrogens is 6. The standard InChI is InChI=1S/C52H35N7/c1-3-9-40(10-4-1)57-32-30-46-49(57)29-27-45-47-33-39(20-28-50(47)59(51(45)46)41-11-5-2-6-12-41)36-14-21-42(22-15-36)58(43-23-16-37(17-24-43)48-13-7-8-31-54-48)44-25-18-38(19-26-44)52-55-34-53-35-56-52/h1-35H. The smallest absolute Gasteiger partial charge is 0.162 e. The molecule has 0 amide bonds. The van der Waals surface area contributed by atoms with Gasteiger partial charge in [-0.2, -0.15) is 0 Å². The minimum Gasteiger partial charge on any atom is -0.316 e. The molecule has 0 unspecified atom stereocenters. The van der Waals surface area contributed by atoms with Crippen molar-refractivity contribution in [2.75, 3.05) is 4.90 Å². The quantitative estimate of drug-likeness (QED) is 0.154. The highest BCUT2D eigenvalue weighted by atomic mass is 15.1. The van der Waals surface area contributed by atoms with Gasteiger partial charge in [0.25, 0.3) is 0 Å². The van der Waals surface area contributed by atoms with Crippen molar-refractivity contribution in [1.29, 1.82) is 0 Å². The zero-order valence-corrected chi connectivity index (χ0v) is 31.8. The fourth-order valence-electron chi connectivity index (χ4n) is 8.28. The molecule has 0 aliphatic rings. The largest absolute Gasteiger partial charge is 0.316 e. The first kappa shape index (κ1) is 34.1. The van der Waals surface area contributed by atoms with Crippen molar-refractivity contribution in [3.63, 3.8) is 0 Å². The number of anilines is 3. The second kappa shape index (κ2) is 14.4. The lowest BCUT2D eigenvalue weighted by molar-refractivity contribution is 1.06. The molecule has 11 aromatic rings. The molecule has 4 heterocycles. The van der Waals surface area contributed by atoms with E-state index in [1.54, 1.807) is 0 Å². The average Bonchev–Trinajstić information content (AvgIpc) is 3.90. The monoisotopic (exact) mass is 757 g/mol. The van der Waals surface area contributed by atoms with E-state index in [9.17, 15) is 0 Å². The van der Waals surface area contributed by atoms with Gasteiger partial charge < -0.3 is 14.0 Å². The molecule has 7 aromatic carbocycles. The molecule has 0 bridgehead atoms. The Kier molecular flexibility index (Phi) is 8.33. The first-order valence-electron chi connectivity index (χ1n) is 19.6. The average molecular weight is 758 g/mol. The first-order valence-corrected chi connectivity index (χ1v) is 19.6. The fraction of sp³-hybridized carbons (Fsp3) is 0. The van der Waals surface area contributed by atoms with Gasteiger partial charge in [-0.05, 0) is 120 Å². The Labute approximate surface area is 340 Å². The van der Waals surface area contributed by atoms with Crippen LogP contribution in [-0.2, 0) is 0 Å². The molecule has 0 aliphatic carbocycles. The maximum absolute atomic E-state index is 4.56. The van der Waals surface area contributed by atoms with Gasteiger partial charge in [-0.3, -0.25) is 4.98 Å². The molecule has 0 atom stereocenters. The second-order valence-electron chi connectivity index (χ2n) is 14.5. The van der Waals surface area contributed by atoms with Gasteiger partial charge in [0, 0.05) is 68.1 Å². The Balaban J connectivity index is 1.00. The summed E-state index contributed by atoms with van der Waals surface area (Å²) in [5.74, 6) is 0.640. The van der Waals surface area contributed by atoms with E-state index in [-0.39, 0.29) is 0 Å². The fourth-order valence-corrected chi connectivity index (χ4v) is 8.28. The predicted octanol–water partition coefficient (Wildman–Crippen LogP) is 12.8. The third-order valence-corrected chi connectivity index (χ3v) is 11.1. The van der Waals surface area contributed by atoms with E-state index in [4.69, 9.17) is 0 Å². The topological polar surface area (TPSA) is 64.7 Å². The maximum Gasteiger partial charge on any atom is 0.162 e. The summed E-state index contributed by atoms with van der Waals surface area (Å²) in [6, 6.07) is 66.6. The van der Waals surface area contributed by atoms with E-state index in [0.29, 0.717) is 5.82 Å². The zero-order chi connectivity index (χ0) is 39.1. The van der Waals surface area contributed by atoms with Crippen LogP contribution < -0.4 is 4.90 Å². The van der Waals surface area contributed by atoms with E-state index in [1.807, 2.05) is 24.4 Å². The minimum absolute atomic E-state index is 0.640.